The normalized spacial score (nSPS) is 12.5. The second-order valence-electron chi connectivity index (χ2n) is 9.20. The highest BCUT2D eigenvalue weighted by Crippen LogP contribution is 2.28. The van der Waals surface area contributed by atoms with Gasteiger partial charge in [-0.1, -0.05) is 44.5 Å². The van der Waals surface area contributed by atoms with E-state index in [1.807, 2.05) is 26.8 Å². The molecule has 0 radical (unpaired) electrons. The molecule has 0 fully saturated rings. The number of nitrogens with one attached hydrogen (secondary N) is 2. The van der Waals surface area contributed by atoms with Gasteiger partial charge in [0.25, 0.3) is 15.9 Å². The molecule has 0 bridgehead atoms. The van der Waals surface area contributed by atoms with E-state index in [2.05, 4.69) is 30.8 Å². The summed E-state index contributed by atoms with van der Waals surface area (Å²) in [6.45, 7) is 12.1. The second-order valence-corrected chi connectivity index (χ2v) is 11.3. The highest BCUT2D eigenvalue weighted by Gasteiger charge is 2.28. The quantitative estimate of drug-likeness (QED) is 0.637. The molecule has 0 aliphatic rings. The maximum atomic E-state index is 12.9. The van der Waals surface area contributed by atoms with Crippen molar-refractivity contribution in [3.63, 3.8) is 0 Å². The molecule has 0 atom stereocenters. The number of anilines is 1. The molecule has 0 saturated heterocycles. The standard InChI is InChI=1S/C22H29ClN2O3S/c1-15-8-7-9-17(12-15)25-29(27,28)19-13-16(10-11-18(19)23)20(26)24-22(5,6)14-21(2,3)4/h7-13,25H,14H2,1-6H3,(H,24,26). The Morgan fingerprint density at radius 1 is 1.03 bits per heavy atom. The summed E-state index contributed by atoms with van der Waals surface area (Å²) in [4.78, 5) is 12.6. The van der Waals surface area contributed by atoms with Crippen molar-refractivity contribution < 1.29 is 13.2 Å². The molecular formula is C22H29ClN2O3S. The molecule has 2 aromatic carbocycles. The van der Waals surface area contributed by atoms with Crippen molar-refractivity contribution in [2.75, 3.05) is 4.72 Å². The number of sulfonamides is 1. The van der Waals surface area contributed by atoms with Gasteiger partial charge in [0.05, 0.1) is 5.02 Å². The van der Waals surface area contributed by atoms with Gasteiger partial charge in [-0.25, -0.2) is 8.42 Å². The zero-order valence-corrected chi connectivity index (χ0v) is 19.3. The van der Waals surface area contributed by atoms with E-state index >= 15 is 0 Å². The summed E-state index contributed by atoms with van der Waals surface area (Å²) in [5.41, 5.74) is 1.17. The van der Waals surface area contributed by atoms with Crippen LogP contribution >= 0.6 is 11.6 Å². The van der Waals surface area contributed by atoms with Gasteiger partial charge >= 0.3 is 0 Å². The lowest BCUT2D eigenvalue weighted by molar-refractivity contribution is 0.0891. The topological polar surface area (TPSA) is 75.3 Å². The van der Waals surface area contributed by atoms with Crippen molar-refractivity contribution in [2.45, 2.75) is 58.4 Å². The third kappa shape index (κ3) is 6.75. The third-order valence-corrected chi connectivity index (χ3v) is 6.04. The molecule has 0 heterocycles. The first-order valence-corrected chi connectivity index (χ1v) is 11.3. The molecule has 2 aromatic rings. The number of aryl methyl sites for hydroxylation is 1. The first-order valence-electron chi connectivity index (χ1n) is 9.40. The molecule has 0 spiro atoms. The van der Waals surface area contributed by atoms with Crippen LogP contribution in [0, 0.1) is 12.3 Å². The Bertz CT molecular complexity index is 1010. The predicted molar refractivity (Wildman–Crippen MR) is 119 cm³/mol. The van der Waals surface area contributed by atoms with Gasteiger partial charge in [-0.3, -0.25) is 9.52 Å². The van der Waals surface area contributed by atoms with E-state index in [-0.39, 0.29) is 26.8 Å². The number of carbonyl (C=O) groups is 1. The molecule has 0 aromatic heterocycles. The molecule has 0 saturated carbocycles. The van der Waals surface area contributed by atoms with E-state index in [1.54, 1.807) is 18.2 Å². The minimum atomic E-state index is -3.95. The van der Waals surface area contributed by atoms with Crippen LogP contribution in [0.2, 0.25) is 5.02 Å². The van der Waals surface area contributed by atoms with E-state index in [0.29, 0.717) is 5.69 Å². The van der Waals surface area contributed by atoms with Crippen molar-refractivity contribution in [1.29, 1.82) is 0 Å². The number of benzene rings is 2. The van der Waals surface area contributed by atoms with E-state index in [4.69, 9.17) is 11.6 Å². The van der Waals surface area contributed by atoms with Crippen molar-refractivity contribution in [3.05, 3.63) is 58.6 Å². The number of amides is 1. The molecule has 5 nitrogen and oxygen atoms in total. The number of hydrogen-bond donors (Lipinski definition) is 2. The van der Waals surface area contributed by atoms with Crippen molar-refractivity contribution in [2.24, 2.45) is 5.41 Å². The van der Waals surface area contributed by atoms with E-state index in [1.165, 1.54) is 18.2 Å². The van der Waals surface area contributed by atoms with Crippen molar-refractivity contribution >= 4 is 33.2 Å². The Labute approximate surface area is 178 Å². The minimum Gasteiger partial charge on any atom is -0.347 e. The lowest BCUT2D eigenvalue weighted by Gasteiger charge is -2.33. The SMILES string of the molecule is Cc1cccc(NS(=O)(=O)c2cc(C(=O)NC(C)(C)CC(C)(C)C)ccc2Cl)c1. The van der Waals surface area contributed by atoms with Gasteiger partial charge in [0.15, 0.2) is 0 Å². The first kappa shape index (κ1) is 23.2. The van der Waals surface area contributed by atoms with Gasteiger partial charge in [0.2, 0.25) is 0 Å². The highest BCUT2D eigenvalue weighted by molar-refractivity contribution is 7.92. The van der Waals surface area contributed by atoms with E-state index in [9.17, 15) is 13.2 Å². The smallest absolute Gasteiger partial charge is 0.263 e. The van der Waals surface area contributed by atoms with Crippen molar-refractivity contribution in [1.82, 2.24) is 5.32 Å². The molecular weight excluding hydrogens is 408 g/mol. The van der Waals surface area contributed by atoms with Crippen LogP contribution in [0.25, 0.3) is 0 Å². The number of hydrogen-bond acceptors (Lipinski definition) is 3. The summed E-state index contributed by atoms with van der Waals surface area (Å²) in [5, 5.41) is 3.04. The summed E-state index contributed by atoms with van der Waals surface area (Å²) in [7, 11) is -3.95. The highest BCUT2D eigenvalue weighted by atomic mass is 35.5. The van der Waals surface area contributed by atoms with Crippen LogP contribution in [0.15, 0.2) is 47.4 Å². The van der Waals surface area contributed by atoms with Crippen LogP contribution in [-0.2, 0) is 10.0 Å². The molecule has 29 heavy (non-hydrogen) atoms. The minimum absolute atomic E-state index is 0.0308. The molecule has 1 amide bonds. The van der Waals surface area contributed by atoms with Gasteiger partial charge in [0, 0.05) is 16.8 Å². The number of carbonyl (C=O) groups excluding carboxylic acids is 1. The summed E-state index contributed by atoms with van der Waals surface area (Å²) < 4.78 is 28.2. The average Bonchev–Trinajstić information content (AvgIpc) is 2.51. The largest absolute Gasteiger partial charge is 0.347 e. The van der Waals surface area contributed by atoms with E-state index in [0.717, 1.165) is 12.0 Å². The lowest BCUT2D eigenvalue weighted by Crippen LogP contribution is -2.45. The molecule has 0 aliphatic carbocycles. The maximum Gasteiger partial charge on any atom is 0.263 e. The van der Waals surface area contributed by atoms with Gasteiger partial charge in [-0.2, -0.15) is 0 Å². The summed E-state index contributed by atoms with van der Waals surface area (Å²) in [6.07, 6.45) is 0.763. The Morgan fingerprint density at radius 3 is 2.28 bits per heavy atom. The van der Waals surface area contributed by atoms with Gasteiger partial charge in [-0.05, 0) is 68.5 Å². The Morgan fingerprint density at radius 2 is 1.69 bits per heavy atom. The zero-order chi connectivity index (χ0) is 22.0. The lowest BCUT2D eigenvalue weighted by atomic mass is 9.81. The average molecular weight is 437 g/mol. The maximum absolute atomic E-state index is 12.9. The fourth-order valence-corrected chi connectivity index (χ4v) is 5.10. The molecule has 158 valence electrons. The molecule has 2 N–H and O–H groups in total. The van der Waals surface area contributed by atoms with Crippen LogP contribution in [0.4, 0.5) is 5.69 Å². The number of halogens is 1. The van der Waals surface area contributed by atoms with E-state index < -0.39 is 15.6 Å². The summed E-state index contributed by atoms with van der Waals surface area (Å²) in [6, 6.07) is 11.3. The monoisotopic (exact) mass is 436 g/mol. The van der Waals surface area contributed by atoms with Crippen LogP contribution in [0.5, 0.6) is 0 Å². The number of rotatable bonds is 6. The fourth-order valence-electron chi connectivity index (χ4n) is 3.52. The Kier molecular flexibility index (Phi) is 6.70. The third-order valence-electron chi connectivity index (χ3n) is 4.18. The zero-order valence-electron chi connectivity index (χ0n) is 17.8. The molecule has 2 rings (SSSR count). The second kappa shape index (κ2) is 8.36. The van der Waals surface area contributed by atoms with Gasteiger partial charge in [-0.15, -0.1) is 0 Å². The van der Waals surface area contributed by atoms with Crippen LogP contribution in [-0.4, -0.2) is 19.9 Å². The van der Waals surface area contributed by atoms with Crippen LogP contribution < -0.4 is 10.0 Å². The Balaban J connectivity index is 2.30. The van der Waals surface area contributed by atoms with Gasteiger partial charge in [0.1, 0.15) is 4.90 Å². The molecule has 7 heteroatoms. The fraction of sp³-hybridized carbons (Fsp3) is 0.409. The van der Waals surface area contributed by atoms with Crippen molar-refractivity contribution in [3.8, 4) is 0 Å². The summed E-state index contributed by atoms with van der Waals surface area (Å²) >= 11 is 6.15. The molecule has 0 unspecified atom stereocenters. The van der Waals surface area contributed by atoms with Crippen LogP contribution in [0.3, 0.4) is 0 Å². The Hall–Kier alpha value is -2.05. The van der Waals surface area contributed by atoms with Gasteiger partial charge < -0.3 is 5.32 Å². The molecule has 0 aliphatic heterocycles. The van der Waals surface area contributed by atoms with Crippen LogP contribution in [0.1, 0.15) is 57.0 Å². The first-order chi connectivity index (χ1) is 13.2. The summed E-state index contributed by atoms with van der Waals surface area (Å²) in [5.74, 6) is -0.345. The predicted octanol–water partition coefficient (Wildman–Crippen LogP) is 5.39.